The normalized spacial score (nSPS) is 19.8. The molecule has 0 N–H and O–H groups in total. The highest BCUT2D eigenvalue weighted by Gasteiger charge is 2.25. The molecule has 0 spiro atoms. The zero-order valence-electron chi connectivity index (χ0n) is 12.6. The van der Waals surface area contributed by atoms with Gasteiger partial charge in [-0.15, -0.1) is 0 Å². The standard InChI is InChI=1S/C16H23N5/c1-2-9-20-11-8-18-16(20)12-21-10-4-3-5-15(21)14-6-7-17-13-19-14/h6-8,11,13,15H,2-5,9-10,12H2,1H3/t15-/m0/s1. The maximum absolute atomic E-state index is 4.55. The van der Waals surface area contributed by atoms with E-state index in [9.17, 15) is 0 Å². The van der Waals surface area contributed by atoms with Crippen LogP contribution in [0.2, 0.25) is 0 Å². The van der Waals surface area contributed by atoms with E-state index in [-0.39, 0.29) is 0 Å². The highest BCUT2D eigenvalue weighted by Crippen LogP contribution is 2.30. The molecule has 3 rings (SSSR count). The molecule has 1 fully saturated rings. The summed E-state index contributed by atoms with van der Waals surface area (Å²) in [6, 6.07) is 2.44. The number of aryl methyl sites for hydroxylation is 1. The predicted octanol–water partition coefficient (Wildman–Crippen LogP) is 2.81. The summed E-state index contributed by atoms with van der Waals surface area (Å²) in [4.78, 5) is 15.6. The fraction of sp³-hybridized carbons (Fsp3) is 0.562. The monoisotopic (exact) mass is 285 g/mol. The van der Waals surface area contributed by atoms with Crippen LogP contribution < -0.4 is 0 Å². The van der Waals surface area contributed by atoms with Gasteiger partial charge in [0.05, 0.1) is 18.3 Å². The first-order chi connectivity index (χ1) is 10.4. The molecule has 2 aromatic rings. The summed E-state index contributed by atoms with van der Waals surface area (Å²) in [7, 11) is 0. The van der Waals surface area contributed by atoms with Crippen molar-refractivity contribution in [3.05, 3.63) is 42.5 Å². The second-order valence-electron chi connectivity index (χ2n) is 5.65. The Morgan fingerprint density at radius 1 is 1.24 bits per heavy atom. The Bertz CT molecular complexity index is 551. The van der Waals surface area contributed by atoms with Gasteiger partial charge in [-0.3, -0.25) is 4.90 Å². The van der Waals surface area contributed by atoms with Crippen LogP contribution in [0.25, 0.3) is 0 Å². The third kappa shape index (κ3) is 3.29. The van der Waals surface area contributed by atoms with Crippen molar-refractivity contribution in [2.45, 2.75) is 51.7 Å². The van der Waals surface area contributed by atoms with Crippen LogP contribution in [-0.4, -0.2) is 31.0 Å². The smallest absolute Gasteiger partial charge is 0.122 e. The van der Waals surface area contributed by atoms with Crippen molar-refractivity contribution in [3.63, 3.8) is 0 Å². The average molecular weight is 285 g/mol. The van der Waals surface area contributed by atoms with Crippen LogP contribution in [0.3, 0.4) is 0 Å². The second-order valence-corrected chi connectivity index (χ2v) is 5.65. The van der Waals surface area contributed by atoms with E-state index in [0.29, 0.717) is 6.04 Å². The molecule has 1 aliphatic rings. The third-order valence-corrected chi connectivity index (χ3v) is 4.17. The summed E-state index contributed by atoms with van der Waals surface area (Å²) in [5.74, 6) is 1.16. The van der Waals surface area contributed by atoms with Crippen LogP contribution >= 0.6 is 0 Å². The Kier molecular flexibility index (Phi) is 4.60. The molecule has 5 heteroatoms. The van der Waals surface area contributed by atoms with Crippen LogP contribution in [0.4, 0.5) is 0 Å². The Morgan fingerprint density at radius 2 is 2.19 bits per heavy atom. The van der Waals surface area contributed by atoms with Crippen molar-refractivity contribution in [2.75, 3.05) is 6.54 Å². The maximum atomic E-state index is 4.55. The molecule has 1 atom stereocenters. The lowest BCUT2D eigenvalue weighted by atomic mass is 9.99. The molecule has 1 saturated heterocycles. The molecule has 112 valence electrons. The number of hydrogen-bond acceptors (Lipinski definition) is 4. The quantitative estimate of drug-likeness (QED) is 0.847. The van der Waals surface area contributed by atoms with Crippen molar-refractivity contribution in [2.24, 2.45) is 0 Å². The molecule has 1 aliphatic heterocycles. The van der Waals surface area contributed by atoms with Crippen molar-refractivity contribution < 1.29 is 0 Å². The van der Waals surface area contributed by atoms with E-state index >= 15 is 0 Å². The molecule has 3 heterocycles. The highest BCUT2D eigenvalue weighted by atomic mass is 15.2. The van der Waals surface area contributed by atoms with Gasteiger partial charge in [-0.25, -0.2) is 15.0 Å². The molecular formula is C16H23N5. The number of rotatable bonds is 5. The van der Waals surface area contributed by atoms with Gasteiger partial charge in [0.1, 0.15) is 12.2 Å². The number of nitrogens with zero attached hydrogens (tertiary/aromatic N) is 5. The van der Waals surface area contributed by atoms with Gasteiger partial charge in [0.15, 0.2) is 0 Å². The summed E-state index contributed by atoms with van der Waals surface area (Å²) >= 11 is 0. The minimum Gasteiger partial charge on any atom is -0.334 e. The highest BCUT2D eigenvalue weighted by molar-refractivity contribution is 5.07. The van der Waals surface area contributed by atoms with Crippen LogP contribution in [0.1, 0.15) is 50.2 Å². The molecular weight excluding hydrogens is 262 g/mol. The zero-order chi connectivity index (χ0) is 14.5. The van der Waals surface area contributed by atoms with Crippen LogP contribution in [0, 0.1) is 0 Å². The van der Waals surface area contributed by atoms with Crippen molar-refractivity contribution in [1.82, 2.24) is 24.4 Å². The summed E-state index contributed by atoms with van der Waals surface area (Å²) in [6.45, 7) is 5.27. The Morgan fingerprint density at radius 3 is 3.00 bits per heavy atom. The summed E-state index contributed by atoms with van der Waals surface area (Å²) < 4.78 is 2.27. The maximum Gasteiger partial charge on any atom is 0.122 e. The van der Waals surface area contributed by atoms with E-state index in [1.165, 1.54) is 19.3 Å². The van der Waals surface area contributed by atoms with Crippen molar-refractivity contribution in [1.29, 1.82) is 0 Å². The SMILES string of the molecule is CCCn1ccnc1CN1CCCC[C@H]1c1ccncn1. The first kappa shape index (κ1) is 14.2. The van der Waals surface area contributed by atoms with Gasteiger partial charge in [-0.2, -0.15) is 0 Å². The van der Waals surface area contributed by atoms with Crippen LogP contribution in [0.15, 0.2) is 31.0 Å². The van der Waals surface area contributed by atoms with E-state index < -0.39 is 0 Å². The van der Waals surface area contributed by atoms with E-state index in [0.717, 1.165) is 37.6 Å². The third-order valence-electron chi connectivity index (χ3n) is 4.17. The minimum absolute atomic E-state index is 0.397. The van der Waals surface area contributed by atoms with Gasteiger partial charge in [-0.1, -0.05) is 13.3 Å². The van der Waals surface area contributed by atoms with E-state index in [1.807, 2.05) is 18.5 Å². The zero-order valence-corrected chi connectivity index (χ0v) is 12.6. The van der Waals surface area contributed by atoms with E-state index in [1.54, 1.807) is 6.33 Å². The van der Waals surface area contributed by atoms with Crippen molar-refractivity contribution >= 4 is 0 Å². The van der Waals surface area contributed by atoms with E-state index in [2.05, 4.69) is 37.5 Å². The Labute approximate surface area is 126 Å². The fourth-order valence-corrected chi connectivity index (χ4v) is 3.13. The van der Waals surface area contributed by atoms with Gasteiger partial charge in [0.25, 0.3) is 0 Å². The molecule has 21 heavy (non-hydrogen) atoms. The molecule has 0 unspecified atom stereocenters. The van der Waals surface area contributed by atoms with Gasteiger partial charge < -0.3 is 4.57 Å². The first-order valence-electron chi connectivity index (χ1n) is 7.88. The van der Waals surface area contributed by atoms with E-state index in [4.69, 9.17) is 0 Å². The lowest BCUT2D eigenvalue weighted by Crippen LogP contribution is -2.34. The number of likely N-dealkylation sites (tertiary alicyclic amines) is 1. The largest absolute Gasteiger partial charge is 0.334 e. The van der Waals surface area contributed by atoms with Gasteiger partial charge in [0, 0.05) is 25.1 Å². The summed E-state index contributed by atoms with van der Waals surface area (Å²) in [5.41, 5.74) is 1.14. The second kappa shape index (κ2) is 6.80. The fourth-order valence-electron chi connectivity index (χ4n) is 3.13. The molecule has 2 aromatic heterocycles. The Hall–Kier alpha value is -1.75. The number of aromatic nitrogens is 4. The van der Waals surface area contributed by atoms with Gasteiger partial charge >= 0.3 is 0 Å². The Balaban J connectivity index is 1.77. The summed E-state index contributed by atoms with van der Waals surface area (Å²) in [5, 5.41) is 0. The molecule has 0 saturated carbocycles. The molecule has 0 bridgehead atoms. The van der Waals surface area contributed by atoms with Gasteiger partial charge in [-0.05, 0) is 31.9 Å². The number of imidazole rings is 1. The molecule has 0 amide bonds. The van der Waals surface area contributed by atoms with Crippen LogP contribution in [0.5, 0.6) is 0 Å². The lowest BCUT2D eigenvalue weighted by molar-refractivity contribution is 0.132. The number of piperidine rings is 1. The molecule has 0 radical (unpaired) electrons. The molecule has 0 aromatic carbocycles. The number of hydrogen-bond donors (Lipinski definition) is 0. The first-order valence-corrected chi connectivity index (χ1v) is 7.88. The van der Waals surface area contributed by atoms with Gasteiger partial charge in [0.2, 0.25) is 0 Å². The molecule has 0 aliphatic carbocycles. The summed E-state index contributed by atoms with van der Waals surface area (Å²) in [6.07, 6.45) is 12.3. The minimum atomic E-state index is 0.397. The topological polar surface area (TPSA) is 46.8 Å². The predicted molar refractivity (Wildman–Crippen MR) is 81.6 cm³/mol. The lowest BCUT2D eigenvalue weighted by Gasteiger charge is -2.35. The average Bonchev–Trinajstić information content (AvgIpc) is 2.96. The van der Waals surface area contributed by atoms with Crippen LogP contribution in [-0.2, 0) is 13.1 Å². The van der Waals surface area contributed by atoms with Crippen molar-refractivity contribution in [3.8, 4) is 0 Å². The molecule has 5 nitrogen and oxygen atoms in total.